The monoisotopic (exact) mass is 509 g/mol. The summed E-state index contributed by atoms with van der Waals surface area (Å²) in [6.07, 6.45) is 3.91. The number of carbonyl (C=O) groups is 2. The van der Waals surface area contributed by atoms with Crippen LogP contribution in [-0.2, 0) is 16.1 Å². The van der Waals surface area contributed by atoms with Crippen LogP contribution in [0, 0.1) is 12.8 Å². The lowest BCUT2D eigenvalue weighted by Crippen LogP contribution is -2.44. The number of rotatable bonds is 8. The first-order valence-corrected chi connectivity index (χ1v) is 13.7. The molecule has 4 rings (SSSR count). The number of anilines is 1. The molecule has 2 amide bonds. The number of likely N-dealkylation sites (N-methyl/N-ethyl adjacent to an activating group) is 1. The van der Waals surface area contributed by atoms with Crippen LogP contribution in [0.25, 0.3) is 0 Å². The second-order valence-corrected chi connectivity index (χ2v) is 10.7. The molecule has 1 atom stereocenters. The third-order valence-corrected chi connectivity index (χ3v) is 8.01. The third kappa shape index (κ3) is 6.67. The molecule has 202 valence electrons. The summed E-state index contributed by atoms with van der Waals surface area (Å²) < 4.78 is 5.63. The average Bonchev–Trinajstić information content (AvgIpc) is 2.87. The van der Waals surface area contributed by atoms with Gasteiger partial charge in [0.1, 0.15) is 0 Å². The molecule has 1 unspecified atom stereocenters. The van der Waals surface area contributed by atoms with Crippen LogP contribution < -0.4 is 10.2 Å². The van der Waals surface area contributed by atoms with Crippen LogP contribution in [0.3, 0.4) is 0 Å². The number of nitrogens with one attached hydrogen (secondary N) is 1. The van der Waals surface area contributed by atoms with Crippen LogP contribution in [0.1, 0.15) is 55.1 Å². The fourth-order valence-electron chi connectivity index (χ4n) is 5.72. The van der Waals surface area contributed by atoms with Crippen molar-refractivity contribution in [2.24, 2.45) is 10.9 Å². The minimum atomic E-state index is -0.407. The van der Waals surface area contributed by atoms with E-state index in [1.807, 2.05) is 19.9 Å². The zero-order chi connectivity index (χ0) is 26.5. The van der Waals surface area contributed by atoms with Crippen LogP contribution in [-0.4, -0.2) is 92.9 Å². The van der Waals surface area contributed by atoms with Gasteiger partial charge in [0, 0.05) is 82.0 Å². The fraction of sp³-hybridized carbons (Fsp3) is 0.621. The Morgan fingerprint density at radius 1 is 1.14 bits per heavy atom. The van der Waals surface area contributed by atoms with Gasteiger partial charge in [-0.05, 0) is 76.9 Å². The fourth-order valence-corrected chi connectivity index (χ4v) is 5.72. The zero-order valence-corrected chi connectivity index (χ0v) is 23.2. The lowest BCUT2D eigenvalue weighted by molar-refractivity contribution is -0.120. The molecule has 8 heteroatoms. The first-order valence-electron chi connectivity index (χ1n) is 13.7. The minimum absolute atomic E-state index is 0.131. The Morgan fingerprint density at radius 3 is 2.49 bits per heavy atom. The predicted octanol–water partition coefficient (Wildman–Crippen LogP) is 3.04. The van der Waals surface area contributed by atoms with Crippen LogP contribution in [0.15, 0.2) is 28.8 Å². The molecular formula is C29H43N5O3. The molecule has 0 bridgehead atoms. The van der Waals surface area contributed by atoms with Crippen LogP contribution >= 0.6 is 0 Å². The number of dihydropyridines is 1. The Kier molecular flexibility index (Phi) is 9.16. The maximum Gasteiger partial charge on any atom is 0.254 e. The first kappa shape index (κ1) is 27.5. The van der Waals surface area contributed by atoms with Gasteiger partial charge in [-0.1, -0.05) is 5.57 Å². The number of ether oxygens (including phenoxy) is 1. The molecular weight excluding hydrogens is 466 g/mol. The number of aliphatic imine (C=N–C) groups is 1. The van der Waals surface area contributed by atoms with Gasteiger partial charge in [-0.15, -0.1) is 0 Å². The molecule has 0 spiro atoms. The SMILES string of the molecule is CCN(c1cc(CN2CCN(C)CC2)cc(C(=O)NCC2C(=O)N=C(C)C=C2C)c1C)C1CCOCC1. The predicted molar refractivity (Wildman–Crippen MR) is 149 cm³/mol. The van der Waals surface area contributed by atoms with Crippen molar-refractivity contribution in [1.29, 1.82) is 0 Å². The number of hydrogen-bond donors (Lipinski definition) is 1. The van der Waals surface area contributed by atoms with Crippen molar-refractivity contribution in [1.82, 2.24) is 15.1 Å². The Hall–Kier alpha value is -2.55. The van der Waals surface area contributed by atoms with E-state index < -0.39 is 5.92 Å². The summed E-state index contributed by atoms with van der Waals surface area (Å²) in [4.78, 5) is 37.4. The number of nitrogens with zero attached hydrogens (tertiary/aromatic N) is 4. The molecule has 1 aromatic rings. The second-order valence-electron chi connectivity index (χ2n) is 10.7. The Labute approximate surface area is 221 Å². The Balaban J connectivity index is 1.60. The average molecular weight is 510 g/mol. The van der Waals surface area contributed by atoms with Crippen LogP contribution in [0.2, 0.25) is 0 Å². The number of carbonyl (C=O) groups excluding carboxylic acids is 2. The molecule has 2 fully saturated rings. The van der Waals surface area contributed by atoms with Gasteiger partial charge in [-0.3, -0.25) is 14.5 Å². The first-order chi connectivity index (χ1) is 17.8. The summed E-state index contributed by atoms with van der Waals surface area (Å²) in [5, 5.41) is 3.06. The summed E-state index contributed by atoms with van der Waals surface area (Å²) in [7, 11) is 2.16. The van der Waals surface area contributed by atoms with Gasteiger partial charge in [0.25, 0.3) is 11.8 Å². The highest BCUT2D eigenvalue weighted by molar-refractivity contribution is 6.06. The van der Waals surface area contributed by atoms with E-state index in [0.717, 1.165) is 93.4 Å². The summed E-state index contributed by atoms with van der Waals surface area (Å²) in [6, 6.07) is 4.75. The lowest BCUT2D eigenvalue weighted by atomic mass is 9.95. The maximum absolute atomic E-state index is 13.6. The minimum Gasteiger partial charge on any atom is -0.381 e. The third-order valence-electron chi connectivity index (χ3n) is 8.01. The van der Waals surface area contributed by atoms with E-state index >= 15 is 0 Å². The van der Waals surface area contributed by atoms with Gasteiger partial charge in [0.05, 0.1) is 5.92 Å². The summed E-state index contributed by atoms with van der Waals surface area (Å²) in [5.74, 6) is -0.722. The van der Waals surface area contributed by atoms with E-state index in [1.165, 1.54) is 0 Å². The maximum atomic E-state index is 13.6. The molecule has 1 N–H and O–H groups in total. The lowest BCUT2D eigenvalue weighted by Gasteiger charge is -2.37. The Bertz CT molecular complexity index is 1050. The molecule has 3 heterocycles. The van der Waals surface area contributed by atoms with Crippen molar-refractivity contribution >= 4 is 23.2 Å². The number of benzene rings is 1. The number of hydrogen-bond acceptors (Lipinski definition) is 6. The van der Waals surface area contributed by atoms with E-state index in [9.17, 15) is 9.59 Å². The highest BCUT2D eigenvalue weighted by atomic mass is 16.5. The van der Waals surface area contributed by atoms with Crippen LogP contribution in [0.4, 0.5) is 5.69 Å². The second kappa shape index (κ2) is 12.3. The molecule has 0 saturated carbocycles. The summed E-state index contributed by atoms with van der Waals surface area (Å²) in [6.45, 7) is 15.7. The van der Waals surface area contributed by atoms with Crippen molar-refractivity contribution in [3.63, 3.8) is 0 Å². The van der Waals surface area contributed by atoms with Gasteiger partial charge < -0.3 is 19.9 Å². The highest BCUT2D eigenvalue weighted by Crippen LogP contribution is 2.31. The van der Waals surface area contributed by atoms with Gasteiger partial charge >= 0.3 is 0 Å². The standard InChI is InChI=1S/C29H43N5O3/c1-6-34(24-7-13-37-14-8-24)27-17-23(19-33-11-9-32(5)10-12-33)16-25(22(27)4)28(35)30-18-26-20(2)15-21(3)31-29(26)36/h15-17,24,26H,6-14,18-19H2,1-5H3,(H,30,35). The van der Waals surface area contributed by atoms with Gasteiger partial charge in [0.15, 0.2) is 0 Å². The van der Waals surface area contributed by atoms with Crippen LogP contribution in [0.5, 0.6) is 0 Å². The zero-order valence-electron chi connectivity index (χ0n) is 23.2. The number of piperazine rings is 1. The van der Waals surface area contributed by atoms with E-state index in [1.54, 1.807) is 0 Å². The van der Waals surface area contributed by atoms with Gasteiger partial charge in [-0.2, -0.15) is 0 Å². The molecule has 3 aliphatic rings. The molecule has 0 radical (unpaired) electrons. The van der Waals surface area contributed by atoms with Gasteiger partial charge in [0.2, 0.25) is 0 Å². The van der Waals surface area contributed by atoms with E-state index in [2.05, 4.69) is 58.0 Å². The molecule has 37 heavy (non-hydrogen) atoms. The number of allylic oxidation sites excluding steroid dienone is 1. The van der Waals surface area contributed by atoms with Gasteiger partial charge in [-0.25, -0.2) is 4.99 Å². The topological polar surface area (TPSA) is 77.5 Å². The summed E-state index contributed by atoms with van der Waals surface area (Å²) in [5.41, 5.74) is 5.63. The van der Waals surface area contributed by atoms with E-state index in [0.29, 0.717) is 11.6 Å². The molecule has 3 aliphatic heterocycles. The Morgan fingerprint density at radius 2 is 1.84 bits per heavy atom. The molecule has 1 aromatic carbocycles. The van der Waals surface area contributed by atoms with Crippen molar-refractivity contribution in [3.8, 4) is 0 Å². The van der Waals surface area contributed by atoms with E-state index in [4.69, 9.17) is 4.74 Å². The summed E-state index contributed by atoms with van der Waals surface area (Å²) >= 11 is 0. The van der Waals surface area contributed by atoms with Crippen molar-refractivity contribution in [2.75, 3.05) is 64.4 Å². The van der Waals surface area contributed by atoms with Crippen molar-refractivity contribution in [2.45, 2.75) is 53.1 Å². The van der Waals surface area contributed by atoms with E-state index in [-0.39, 0.29) is 18.4 Å². The normalized spacial score (nSPS) is 22.0. The smallest absolute Gasteiger partial charge is 0.254 e. The van der Waals surface area contributed by atoms with Crippen molar-refractivity contribution in [3.05, 3.63) is 40.5 Å². The molecule has 0 aliphatic carbocycles. The quantitative estimate of drug-likeness (QED) is 0.581. The molecule has 0 aromatic heterocycles. The molecule has 2 saturated heterocycles. The molecule has 8 nitrogen and oxygen atoms in total. The number of amides is 2. The van der Waals surface area contributed by atoms with Crippen molar-refractivity contribution < 1.29 is 14.3 Å². The highest BCUT2D eigenvalue weighted by Gasteiger charge is 2.27. The largest absolute Gasteiger partial charge is 0.381 e.